The standard InChI is InChI=1S/C11H10N2O4/c1-17-8-4-2-7(3-5-8)13-6-9(11(15)16)10(14)12-13/h2-6H,1H3,(H,12,14)(H,15,16). The number of carboxylic acid groups (broad SMARTS) is 1. The lowest BCUT2D eigenvalue weighted by Gasteiger charge is -2.03. The van der Waals surface area contributed by atoms with Crippen molar-refractivity contribution in [2.24, 2.45) is 0 Å². The number of aromatic nitrogens is 2. The topological polar surface area (TPSA) is 84.3 Å². The Morgan fingerprint density at radius 3 is 2.47 bits per heavy atom. The number of hydrogen-bond donors (Lipinski definition) is 2. The van der Waals surface area contributed by atoms with Crippen LogP contribution in [0.4, 0.5) is 0 Å². The molecule has 0 radical (unpaired) electrons. The van der Waals surface area contributed by atoms with Crippen LogP contribution in [-0.2, 0) is 0 Å². The van der Waals surface area contributed by atoms with Crippen LogP contribution in [0.2, 0.25) is 0 Å². The number of carboxylic acids is 1. The van der Waals surface area contributed by atoms with Crippen LogP contribution in [0, 0.1) is 0 Å². The van der Waals surface area contributed by atoms with Gasteiger partial charge in [0.05, 0.1) is 12.8 Å². The molecule has 0 bridgehead atoms. The molecule has 88 valence electrons. The smallest absolute Gasteiger partial charge is 0.342 e. The first-order valence-electron chi connectivity index (χ1n) is 4.81. The molecule has 0 saturated heterocycles. The van der Waals surface area contributed by atoms with E-state index in [1.54, 1.807) is 31.4 Å². The fraction of sp³-hybridized carbons (Fsp3) is 0.0909. The zero-order chi connectivity index (χ0) is 12.4. The van der Waals surface area contributed by atoms with E-state index in [1.807, 2.05) is 0 Å². The van der Waals surface area contributed by atoms with Gasteiger partial charge in [-0.15, -0.1) is 0 Å². The van der Waals surface area contributed by atoms with E-state index in [-0.39, 0.29) is 5.56 Å². The summed E-state index contributed by atoms with van der Waals surface area (Å²) in [5.41, 5.74) is -0.274. The normalized spacial score (nSPS) is 10.2. The second kappa shape index (κ2) is 4.17. The molecule has 2 aromatic rings. The van der Waals surface area contributed by atoms with E-state index in [9.17, 15) is 9.59 Å². The zero-order valence-electron chi connectivity index (χ0n) is 9.01. The lowest BCUT2D eigenvalue weighted by Crippen LogP contribution is -2.11. The van der Waals surface area contributed by atoms with Crippen LogP contribution < -0.4 is 10.3 Å². The summed E-state index contributed by atoms with van der Waals surface area (Å²) in [6.45, 7) is 0. The quantitative estimate of drug-likeness (QED) is 0.825. The van der Waals surface area contributed by atoms with Gasteiger partial charge in [0.1, 0.15) is 11.3 Å². The molecule has 0 aliphatic rings. The highest BCUT2D eigenvalue weighted by Gasteiger charge is 2.11. The first-order valence-corrected chi connectivity index (χ1v) is 4.81. The van der Waals surface area contributed by atoms with Gasteiger partial charge in [0, 0.05) is 6.20 Å². The predicted molar refractivity (Wildman–Crippen MR) is 59.9 cm³/mol. The van der Waals surface area contributed by atoms with E-state index in [4.69, 9.17) is 9.84 Å². The molecule has 17 heavy (non-hydrogen) atoms. The van der Waals surface area contributed by atoms with E-state index in [0.717, 1.165) is 0 Å². The molecule has 6 nitrogen and oxygen atoms in total. The van der Waals surface area contributed by atoms with E-state index in [2.05, 4.69) is 5.10 Å². The number of ether oxygens (including phenoxy) is 1. The van der Waals surface area contributed by atoms with Crippen molar-refractivity contribution in [3.8, 4) is 11.4 Å². The van der Waals surface area contributed by atoms with Crippen LogP contribution in [-0.4, -0.2) is 28.0 Å². The second-order valence-corrected chi connectivity index (χ2v) is 3.36. The largest absolute Gasteiger partial charge is 0.497 e. The predicted octanol–water partition coefficient (Wildman–Crippen LogP) is 0.872. The van der Waals surface area contributed by atoms with Crippen molar-refractivity contribution in [2.45, 2.75) is 0 Å². The number of H-pyrrole nitrogens is 1. The summed E-state index contributed by atoms with van der Waals surface area (Å²) < 4.78 is 6.35. The van der Waals surface area contributed by atoms with Crippen molar-refractivity contribution in [2.75, 3.05) is 7.11 Å². The van der Waals surface area contributed by atoms with Crippen LogP contribution >= 0.6 is 0 Å². The van der Waals surface area contributed by atoms with Gasteiger partial charge in [-0.1, -0.05) is 0 Å². The van der Waals surface area contributed by atoms with Gasteiger partial charge in [-0.05, 0) is 24.3 Å². The molecule has 0 spiro atoms. The van der Waals surface area contributed by atoms with Crippen molar-refractivity contribution in [3.63, 3.8) is 0 Å². The molecule has 2 N–H and O–H groups in total. The summed E-state index contributed by atoms with van der Waals surface area (Å²) in [6.07, 6.45) is 1.24. The van der Waals surface area contributed by atoms with Crippen LogP contribution in [0.5, 0.6) is 5.75 Å². The minimum absolute atomic E-state index is 0.291. The van der Waals surface area contributed by atoms with Crippen LogP contribution in [0.15, 0.2) is 35.3 Å². The Labute approximate surface area is 96.1 Å². The highest BCUT2D eigenvalue weighted by atomic mass is 16.5. The average molecular weight is 234 g/mol. The molecule has 0 amide bonds. The minimum atomic E-state index is -1.25. The lowest BCUT2D eigenvalue weighted by atomic mass is 10.3. The van der Waals surface area contributed by atoms with Crippen molar-refractivity contribution in [1.29, 1.82) is 0 Å². The lowest BCUT2D eigenvalue weighted by molar-refractivity contribution is 0.0695. The number of nitrogens with zero attached hydrogens (tertiary/aromatic N) is 1. The minimum Gasteiger partial charge on any atom is -0.497 e. The zero-order valence-corrected chi connectivity index (χ0v) is 9.01. The van der Waals surface area contributed by atoms with Crippen LogP contribution in [0.1, 0.15) is 10.4 Å². The van der Waals surface area contributed by atoms with Crippen molar-refractivity contribution < 1.29 is 14.6 Å². The van der Waals surface area contributed by atoms with E-state index in [1.165, 1.54) is 10.9 Å². The number of aromatic carboxylic acids is 1. The van der Waals surface area contributed by atoms with E-state index >= 15 is 0 Å². The highest BCUT2D eigenvalue weighted by Crippen LogP contribution is 2.13. The molecular weight excluding hydrogens is 224 g/mol. The average Bonchev–Trinajstić information content (AvgIpc) is 2.71. The molecule has 0 unspecified atom stereocenters. The maximum Gasteiger partial charge on any atom is 0.342 e. The molecule has 6 heteroatoms. The SMILES string of the molecule is COc1ccc(-n2cc(C(=O)O)c(=O)[nH]2)cc1. The van der Waals surface area contributed by atoms with Gasteiger partial charge >= 0.3 is 5.97 Å². The Bertz CT molecular complexity index is 595. The molecule has 0 saturated carbocycles. The maximum atomic E-state index is 11.3. The summed E-state index contributed by atoms with van der Waals surface area (Å²) >= 11 is 0. The summed E-state index contributed by atoms with van der Waals surface area (Å²) in [7, 11) is 1.55. The fourth-order valence-electron chi connectivity index (χ4n) is 1.42. The third-order valence-corrected chi connectivity index (χ3v) is 2.31. The van der Waals surface area contributed by atoms with Crippen LogP contribution in [0.25, 0.3) is 5.69 Å². The summed E-state index contributed by atoms with van der Waals surface area (Å²) in [5.74, 6) is -0.569. The molecule has 1 aromatic heterocycles. The highest BCUT2D eigenvalue weighted by molar-refractivity contribution is 5.86. The molecule has 0 fully saturated rings. The summed E-state index contributed by atoms with van der Waals surface area (Å²) in [5, 5.41) is 11.2. The van der Waals surface area contributed by atoms with Crippen molar-refractivity contribution in [3.05, 3.63) is 46.4 Å². The van der Waals surface area contributed by atoms with Gasteiger partial charge in [-0.25, -0.2) is 4.79 Å². The van der Waals surface area contributed by atoms with Gasteiger partial charge in [-0.2, -0.15) is 0 Å². The van der Waals surface area contributed by atoms with Gasteiger partial charge < -0.3 is 9.84 Å². The number of rotatable bonds is 3. The Hall–Kier alpha value is -2.50. The third kappa shape index (κ3) is 2.05. The Morgan fingerprint density at radius 2 is 2.00 bits per heavy atom. The molecule has 1 aromatic carbocycles. The Kier molecular flexibility index (Phi) is 2.70. The number of carbonyl (C=O) groups is 1. The molecule has 2 rings (SSSR count). The summed E-state index contributed by atoms with van der Waals surface area (Å²) in [4.78, 5) is 22.0. The van der Waals surface area contributed by atoms with E-state index in [0.29, 0.717) is 11.4 Å². The second-order valence-electron chi connectivity index (χ2n) is 3.36. The monoisotopic (exact) mass is 234 g/mol. The molecule has 0 aliphatic heterocycles. The number of nitrogens with one attached hydrogen (secondary N) is 1. The molecular formula is C11H10N2O4. The van der Waals surface area contributed by atoms with Crippen molar-refractivity contribution >= 4 is 5.97 Å². The number of benzene rings is 1. The van der Waals surface area contributed by atoms with Crippen LogP contribution in [0.3, 0.4) is 0 Å². The summed E-state index contributed by atoms with van der Waals surface area (Å²) in [6, 6.07) is 6.85. The molecule has 1 heterocycles. The van der Waals surface area contributed by atoms with Gasteiger partial charge in [0.25, 0.3) is 5.56 Å². The third-order valence-electron chi connectivity index (χ3n) is 2.31. The number of methoxy groups -OCH3 is 1. The molecule has 0 atom stereocenters. The first kappa shape index (κ1) is 11.0. The Balaban J connectivity index is 2.42. The van der Waals surface area contributed by atoms with Gasteiger partial charge in [0.2, 0.25) is 0 Å². The van der Waals surface area contributed by atoms with Gasteiger partial charge in [-0.3, -0.25) is 14.6 Å². The Morgan fingerprint density at radius 1 is 1.35 bits per heavy atom. The van der Waals surface area contributed by atoms with Crippen molar-refractivity contribution in [1.82, 2.24) is 9.78 Å². The first-order chi connectivity index (χ1) is 8.11. The fourth-order valence-corrected chi connectivity index (χ4v) is 1.42. The van der Waals surface area contributed by atoms with Gasteiger partial charge in [0.15, 0.2) is 0 Å². The van der Waals surface area contributed by atoms with E-state index < -0.39 is 11.5 Å². The molecule has 0 aliphatic carbocycles. The number of hydrogen-bond acceptors (Lipinski definition) is 3. The number of aromatic amines is 1. The maximum absolute atomic E-state index is 11.3.